The van der Waals surface area contributed by atoms with E-state index in [-0.39, 0.29) is 31.4 Å². The Morgan fingerprint density at radius 1 is 0.634 bits per heavy atom. The highest BCUT2D eigenvalue weighted by atomic mass is 31.2. The van der Waals surface area contributed by atoms with Gasteiger partial charge in [0.2, 0.25) is 0 Å². The van der Waals surface area contributed by atoms with Crippen LogP contribution in [-0.2, 0) is 67.5 Å². The van der Waals surface area contributed by atoms with E-state index < -0.39 is 31.3 Å². The molecule has 0 saturated heterocycles. The first-order chi connectivity index (χ1) is 33.3. The molecule has 0 bridgehead atoms. The molecule has 71 heavy (non-hydrogen) atoms. The fourth-order valence-corrected chi connectivity index (χ4v) is 11.5. The van der Waals surface area contributed by atoms with Crippen LogP contribution >= 0.6 is 15.2 Å². The van der Waals surface area contributed by atoms with Gasteiger partial charge in [-0.05, 0) is 97.0 Å². The van der Waals surface area contributed by atoms with Gasteiger partial charge in [-0.15, -0.1) is 0 Å². The van der Waals surface area contributed by atoms with Crippen LogP contribution in [0.3, 0.4) is 0 Å². The van der Waals surface area contributed by atoms with Gasteiger partial charge in [0, 0.05) is 51.1 Å². The summed E-state index contributed by atoms with van der Waals surface area (Å²) in [5, 5.41) is 3.17. The molecule has 0 fully saturated rings. The zero-order chi connectivity index (χ0) is 53.7. The number of carbonyl (C=O) groups is 3. The molecule has 0 atom stereocenters. The highest BCUT2D eigenvalue weighted by Gasteiger charge is 2.35. The maximum Gasteiger partial charge on any atom is 0.344 e. The highest BCUT2D eigenvalue weighted by Crippen LogP contribution is 2.48. The number of benzene rings is 2. The van der Waals surface area contributed by atoms with Gasteiger partial charge < -0.3 is 51.8 Å². The summed E-state index contributed by atoms with van der Waals surface area (Å²) in [6.07, 6.45) is 6.27. The summed E-state index contributed by atoms with van der Waals surface area (Å²) in [4.78, 5) is 35.9. The predicted molar refractivity (Wildman–Crippen MR) is 287 cm³/mol. The minimum Gasteiger partial charge on any atom is -0.496 e. The van der Waals surface area contributed by atoms with E-state index in [1.54, 1.807) is 55.8 Å². The van der Waals surface area contributed by atoms with E-state index in [1.807, 2.05) is 26.8 Å². The summed E-state index contributed by atoms with van der Waals surface area (Å²) in [6.45, 7) is 34.0. The number of methoxy groups -OCH3 is 2. The largest absolute Gasteiger partial charge is 0.496 e. The first-order valence-electron chi connectivity index (χ1n) is 24.6. The third-order valence-electron chi connectivity index (χ3n) is 11.3. The topological polar surface area (TPSA) is 190 Å². The number of esters is 2. The van der Waals surface area contributed by atoms with Gasteiger partial charge in [0.25, 0.3) is 0 Å². The second-order valence-electron chi connectivity index (χ2n) is 19.4. The van der Waals surface area contributed by atoms with Crippen molar-refractivity contribution < 1.29 is 70.0 Å². The van der Waals surface area contributed by atoms with E-state index in [9.17, 15) is 23.5 Å². The minimum absolute atomic E-state index is 0.137. The summed E-state index contributed by atoms with van der Waals surface area (Å²) in [5.74, 6) is 1.82. The molecule has 0 aromatic heterocycles. The average Bonchev–Trinajstić information content (AvgIpc) is 3.88. The fourth-order valence-electron chi connectivity index (χ4n) is 7.44. The summed E-state index contributed by atoms with van der Waals surface area (Å²) in [6, 6.07) is 1.96. The van der Waals surface area contributed by atoms with Crippen LogP contribution in [0.4, 0.5) is 0 Å². The molecule has 0 saturated carbocycles. The molecule has 2 aliphatic rings. The summed E-state index contributed by atoms with van der Waals surface area (Å²) < 4.78 is 79.0. The Labute approximate surface area is 426 Å². The Bertz CT molecular complexity index is 2250. The first kappa shape index (κ1) is 63.5. The maximum absolute atomic E-state index is 12.6. The molecular formula is C51H85NO15P2Si2. The Balaban J connectivity index is 0.000000419. The van der Waals surface area contributed by atoms with Crippen LogP contribution in [0.15, 0.2) is 23.3 Å². The Hall–Kier alpha value is -3.58. The summed E-state index contributed by atoms with van der Waals surface area (Å²) >= 11 is 0. The van der Waals surface area contributed by atoms with Crippen LogP contribution < -0.4 is 24.3 Å². The van der Waals surface area contributed by atoms with E-state index >= 15 is 0 Å². The van der Waals surface area contributed by atoms with Gasteiger partial charge in [0.05, 0.1) is 60.1 Å². The monoisotopic (exact) mass is 1070 g/mol. The normalized spacial score (nSPS) is 13.8. The maximum atomic E-state index is 12.6. The first-order valence-corrected chi connectivity index (χ1v) is 35.5. The summed E-state index contributed by atoms with van der Waals surface area (Å²) in [7, 11) is -5.20. The lowest BCUT2D eigenvalue weighted by Gasteiger charge is -2.21. The Kier molecular flexibility index (Phi) is 26.8. The lowest BCUT2D eigenvalue weighted by molar-refractivity contribution is -0.104. The number of nitrogens with one attached hydrogen (secondary N) is 1. The molecule has 0 amide bonds. The zero-order valence-electron chi connectivity index (χ0n) is 45.9. The van der Waals surface area contributed by atoms with Gasteiger partial charge in [-0.25, -0.2) is 9.59 Å². The van der Waals surface area contributed by atoms with Crippen LogP contribution in [0.5, 0.6) is 23.0 Å². The smallest absolute Gasteiger partial charge is 0.344 e. The van der Waals surface area contributed by atoms with Gasteiger partial charge in [-0.2, -0.15) is 0 Å². The van der Waals surface area contributed by atoms with Crippen molar-refractivity contribution in [3.8, 4) is 23.0 Å². The molecular weight excluding hydrogens is 985 g/mol. The molecule has 4 rings (SSSR count). The van der Waals surface area contributed by atoms with Crippen LogP contribution in [0.2, 0.25) is 51.4 Å². The highest BCUT2D eigenvalue weighted by molar-refractivity contribution is 7.54. The lowest BCUT2D eigenvalue weighted by atomic mass is 9.95. The predicted octanol–water partition coefficient (Wildman–Crippen LogP) is 12.0. The Morgan fingerprint density at radius 3 is 1.38 bits per heavy atom. The molecule has 2 aromatic rings. The number of allylic oxidation sites excluding steroid dienone is 3. The quantitative estimate of drug-likeness (QED) is 0.0211. The van der Waals surface area contributed by atoms with Crippen molar-refractivity contribution in [2.45, 2.75) is 140 Å². The number of ether oxygens (including phenoxy) is 6. The van der Waals surface area contributed by atoms with Crippen molar-refractivity contribution in [3.63, 3.8) is 0 Å². The molecule has 20 heteroatoms. The van der Waals surface area contributed by atoms with Crippen LogP contribution in [0.25, 0.3) is 0 Å². The van der Waals surface area contributed by atoms with Crippen molar-refractivity contribution in [2.24, 2.45) is 0 Å². The van der Waals surface area contributed by atoms with Crippen LogP contribution in [0, 0.1) is 13.8 Å². The molecule has 0 aliphatic carbocycles. The SMILES string of the molecule is CCOP(=O)(CC)OCC.CCOP(=O)(CNC/C(C)=C/Cc1c(OC)c(C)c2c(c1OCC[Si](C)(C)C)C(=O)OC2)OCC.COc1c(C)c2c(c(OCC[Si](C)(C)C)c1C/C=C(\C)C=O)C(=O)OC2. The number of carbonyl (C=O) groups excluding carboxylic acids is 3. The third-order valence-corrected chi connectivity index (χ3v) is 18.7. The minimum atomic E-state index is -3.15. The summed E-state index contributed by atoms with van der Waals surface area (Å²) in [5.41, 5.74) is 7.78. The van der Waals surface area contributed by atoms with Gasteiger partial charge in [0.1, 0.15) is 53.6 Å². The van der Waals surface area contributed by atoms with Crippen LogP contribution in [0.1, 0.15) is 103 Å². The number of aldehydes is 1. The lowest BCUT2D eigenvalue weighted by Crippen LogP contribution is -2.23. The average molecular weight is 1070 g/mol. The van der Waals surface area contributed by atoms with Gasteiger partial charge in [-0.3, -0.25) is 13.9 Å². The number of hydrogen-bond donors (Lipinski definition) is 1. The van der Waals surface area contributed by atoms with E-state index in [2.05, 4.69) is 50.7 Å². The Morgan fingerprint density at radius 2 is 1.03 bits per heavy atom. The number of rotatable bonds is 28. The molecule has 1 N–H and O–H groups in total. The van der Waals surface area contributed by atoms with Crippen molar-refractivity contribution in [1.82, 2.24) is 5.32 Å². The molecule has 2 aliphatic heterocycles. The second kappa shape index (κ2) is 30.0. The standard InChI is InChI=1S/C25H42NO7PSi.C20H28O5Si.C6H15O3P/c1-9-32-34(28,33-10-2)17-26-15-18(3)11-12-20-23(29-5)19(4)21-16-31-25(27)22(21)24(20)30-13-14-35(6,7)8;1-13(11-21)7-8-15-18(23-3)14(2)16-12-25-20(22)17(16)19(15)24-9-10-26(4,5)6;1-4-8-10(7,6-3)9-5-2/h11,26H,9-10,12-17H2,1-8H3;7,11H,8-10,12H2,1-6H3;4-6H2,1-3H3/b18-11+;13-7+;. The van der Waals surface area contributed by atoms with Crippen molar-refractivity contribution in [3.05, 3.63) is 67.8 Å². The molecule has 16 nitrogen and oxygen atoms in total. The molecule has 402 valence electrons. The van der Waals surface area contributed by atoms with Gasteiger partial charge in [-0.1, -0.05) is 63.9 Å². The number of hydrogen-bond acceptors (Lipinski definition) is 16. The van der Waals surface area contributed by atoms with Crippen LogP contribution in [-0.4, -0.2) is 107 Å². The second-order valence-corrected chi connectivity index (χ2v) is 35.1. The van der Waals surface area contributed by atoms with Gasteiger partial charge >= 0.3 is 27.1 Å². The van der Waals surface area contributed by atoms with Crippen molar-refractivity contribution in [1.29, 1.82) is 0 Å². The number of cyclic esters (lactones) is 2. The van der Waals surface area contributed by atoms with Gasteiger partial charge in [0.15, 0.2) is 0 Å². The molecule has 2 aromatic carbocycles. The molecule has 0 spiro atoms. The number of fused-ring (bicyclic) bond motifs is 2. The van der Waals surface area contributed by atoms with E-state index in [4.69, 9.17) is 46.5 Å². The molecule has 2 heterocycles. The molecule has 0 unspecified atom stereocenters. The third kappa shape index (κ3) is 19.7. The van der Waals surface area contributed by atoms with E-state index in [0.29, 0.717) is 99.1 Å². The van der Waals surface area contributed by atoms with Crippen molar-refractivity contribution >= 4 is 49.6 Å². The fraction of sp³-hybridized carbons (Fsp3) is 0.627. The van der Waals surface area contributed by atoms with E-state index in [0.717, 1.165) is 63.1 Å². The van der Waals surface area contributed by atoms with Crippen molar-refractivity contribution in [2.75, 3.05) is 72.9 Å². The zero-order valence-corrected chi connectivity index (χ0v) is 49.6. The molecule has 0 radical (unpaired) electrons. The van der Waals surface area contributed by atoms with E-state index in [1.165, 1.54) is 0 Å².